The van der Waals surface area contributed by atoms with Crippen LogP contribution in [0.1, 0.15) is 32.3 Å². The van der Waals surface area contributed by atoms with E-state index in [1.54, 1.807) is 11.8 Å². The number of aliphatic carboxylic acids is 1. The first kappa shape index (κ1) is 16.3. The van der Waals surface area contributed by atoms with Crippen LogP contribution >= 0.6 is 0 Å². The number of benzene rings is 1. The maximum atomic E-state index is 12.2. The molecule has 1 amide bonds. The van der Waals surface area contributed by atoms with Crippen LogP contribution in [0.2, 0.25) is 0 Å². The summed E-state index contributed by atoms with van der Waals surface area (Å²) in [4.78, 5) is 25.1. The summed E-state index contributed by atoms with van der Waals surface area (Å²) in [6.07, 6.45) is 1.59. The zero-order valence-corrected chi connectivity index (χ0v) is 13.2. The average Bonchev–Trinajstić information content (AvgIpc) is 2.91. The van der Waals surface area contributed by atoms with Gasteiger partial charge in [0.25, 0.3) is 0 Å². The maximum Gasteiger partial charge on any atom is 0.311 e. The molecule has 22 heavy (non-hydrogen) atoms. The molecule has 0 bridgehead atoms. The summed E-state index contributed by atoms with van der Waals surface area (Å²) >= 11 is 0. The van der Waals surface area contributed by atoms with Gasteiger partial charge in [0.15, 0.2) is 0 Å². The van der Waals surface area contributed by atoms with Gasteiger partial charge in [-0.1, -0.05) is 12.1 Å². The van der Waals surface area contributed by atoms with Crippen molar-refractivity contribution < 1.29 is 19.4 Å². The summed E-state index contributed by atoms with van der Waals surface area (Å²) in [5.74, 6) is 0.0301. The summed E-state index contributed by atoms with van der Waals surface area (Å²) in [6, 6.07) is 7.73. The van der Waals surface area contributed by atoms with E-state index in [4.69, 9.17) is 4.74 Å². The Morgan fingerprint density at radius 3 is 2.55 bits per heavy atom. The zero-order chi connectivity index (χ0) is 16.2. The second-order valence-electron chi connectivity index (χ2n) is 6.01. The first-order valence-electron chi connectivity index (χ1n) is 7.67. The van der Waals surface area contributed by atoms with Gasteiger partial charge < -0.3 is 14.7 Å². The molecule has 0 aromatic heterocycles. The Morgan fingerprint density at radius 1 is 1.32 bits per heavy atom. The molecule has 1 heterocycles. The number of amides is 1. The van der Waals surface area contributed by atoms with E-state index in [1.165, 1.54) is 0 Å². The van der Waals surface area contributed by atoms with Crippen molar-refractivity contribution in [3.8, 4) is 5.75 Å². The fraction of sp³-hybridized carbons (Fsp3) is 0.529. The lowest BCUT2D eigenvalue weighted by Gasteiger charge is -2.20. The van der Waals surface area contributed by atoms with Crippen LogP contribution in [0.15, 0.2) is 24.3 Å². The van der Waals surface area contributed by atoms with E-state index in [-0.39, 0.29) is 5.91 Å². The highest BCUT2D eigenvalue weighted by Gasteiger charge is 2.41. The number of hydrogen-bond donors (Lipinski definition) is 1. The Kier molecular flexibility index (Phi) is 5.06. The quantitative estimate of drug-likeness (QED) is 0.876. The summed E-state index contributed by atoms with van der Waals surface area (Å²) in [7, 11) is 0. The van der Waals surface area contributed by atoms with Crippen molar-refractivity contribution in [2.75, 3.05) is 19.7 Å². The minimum Gasteiger partial charge on any atom is -0.494 e. The number of carboxylic acid groups (broad SMARTS) is 1. The van der Waals surface area contributed by atoms with Gasteiger partial charge in [-0.3, -0.25) is 9.59 Å². The molecule has 1 saturated heterocycles. The molecule has 1 fully saturated rings. The fourth-order valence-electron chi connectivity index (χ4n) is 2.68. The smallest absolute Gasteiger partial charge is 0.311 e. The Morgan fingerprint density at radius 2 is 2.00 bits per heavy atom. The number of carboxylic acids is 1. The van der Waals surface area contributed by atoms with E-state index in [1.807, 2.05) is 31.2 Å². The molecule has 0 spiro atoms. The lowest BCUT2D eigenvalue weighted by Crippen LogP contribution is -2.34. The number of rotatable bonds is 6. The van der Waals surface area contributed by atoms with Crippen LogP contribution in [0, 0.1) is 5.41 Å². The predicted octanol–water partition coefficient (Wildman–Crippen LogP) is 2.34. The third kappa shape index (κ3) is 3.78. The number of nitrogens with zero attached hydrogens (tertiary/aromatic N) is 1. The van der Waals surface area contributed by atoms with Crippen LogP contribution in [0.5, 0.6) is 5.75 Å². The van der Waals surface area contributed by atoms with Gasteiger partial charge in [0, 0.05) is 19.5 Å². The number of ether oxygens (including phenoxy) is 1. The van der Waals surface area contributed by atoms with E-state index < -0.39 is 11.4 Å². The molecule has 1 aliphatic rings. The third-order valence-electron chi connectivity index (χ3n) is 4.20. The van der Waals surface area contributed by atoms with Crippen LogP contribution in [0.3, 0.4) is 0 Å². The van der Waals surface area contributed by atoms with Crippen molar-refractivity contribution in [1.82, 2.24) is 4.90 Å². The predicted molar refractivity (Wildman–Crippen MR) is 82.9 cm³/mol. The minimum atomic E-state index is -0.825. The van der Waals surface area contributed by atoms with Crippen molar-refractivity contribution in [2.24, 2.45) is 5.41 Å². The second kappa shape index (κ2) is 6.81. The molecule has 2 rings (SSSR count). The summed E-state index contributed by atoms with van der Waals surface area (Å²) in [6.45, 7) is 5.12. The van der Waals surface area contributed by atoms with Gasteiger partial charge in [0.05, 0.1) is 12.0 Å². The van der Waals surface area contributed by atoms with E-state index in [0.29, 0.717) is 39.0 Å². The number of likely N-dealkylation sites (tertiary alicyclic amines) is 1. The minimum absolute atomic E-state index is 0.0267. The topological polar surface area (TPSA) is 66.8 Å². The lowest BCUT2D eigenvalue weighted by molar-refractivity contribution is -0.147. The molecule has 1 aromatic rings. The van der Waals surface area contributed by atoms with Crippen LogP contribution in [-0.2, 0) is 16.0 Å². The number of aryl methyl sites for hydroxylation is 1. The van der Waals surface area contributed by atoms with Crippen molar-refractivity contribution in [3.63, 3.8) is 0 Å². The van der Waals surface area contributed by atoms with Crippen LogP contribution in [0.25, 0.3) is 0 Å². The molecule has 0 aliphatic carbocycles. The molecule has 1 unspecified atom stereocenters. The maximum absolute atomic E-state index is 12.2. The molecular weight excluding hydrogens is 282 g/mol. The molecule has 1 aliphatic heterocycles. The lowest BCUT2D eigenvalue weighted by atomic mass is 9.90. The third-order valence-corrected chi connectivity index (χ3v) is 4.20. The summed E-state index contributed by atoms with van der Waals surface area (Å²) < 4.78 is 5.38. The van der Waals surface area contributed by atoms with Crippen LogP contribution < -0.4 is 4.74 Å². The molecule has 1 aromatic carbocycles. The molecule has 1 atom stereocenters. The Balaban J connectivity index is 1.84. The van der Waals surface area contributed by atoms with Gasteiger partial charge in [-0.05, 0) is 44.4 Å². The SMILES string of the molecule is CCOc1ccc(CCC(=O)N2CCC(C)(C(=O)O)C2)cc1. The van der Waals surface area contributed by atoms with Crippen LogP contribution in [-0.4, -0.2) is 41.6 Å². The van der Waals surface area contributed by atoms with Crippen LogP contribution in [0.4, 0.5) is 0 Å². The standard InChI is InChI=1S/C17H23NO4/c1-3-22-14-7-4-13(5-8-14)6-9-15(19)18-11-10-17(2,12-18)16(20)21/h4-5,7-8H,3,6,9-12H2,1-2H3,(H,20,21). The fourth-order valence-corrected chi connectivity index (χ4v) is 2.68. The highest BCUT2D eigenvalue weighted by atomic mass is 16.5. The molecular formula is C17H23NO4. The average molecular weight is 305 g/mol. The molecule has 1 N–H and O–H groups in total. The van der Waals surface area contributed by atoms with Gasteiger partial charge in [-0.25, -0.2) is 0 Å². The number of hydrogen-bond acceptors (Lipinski definition) is 3. The Bertz CT molecular complexity index is 540. The second-order valence-corrected chi connectivity index (χ2v) is 6.01. The van der Waals surface area contributed by atoms with E-state index >= 15 is 0 Å². The normalized spacial score (nSPS) is 20.9. The summed E-state index contributed by atoms with van der Waals surface area (Å²) in [5.41, 5.74) is 0.284. The van der Waals surface area contributed by atoms with E-state index in [9.17, 15) is 14.7 Å². The van der Waals surface area contributed by atoms with Gasteiger partial charge in [-0.15, -0.1) is 0 Å². The first-order chi connectivity index (χ1) is 10.4. The van der Waals surface area contributed by atoms with Gasteiger partial charge >= 0.3 is 5.97 Å². The number of carbonyl (C=O) groups excluding carboxylic acids is 1. The first-order valence-corrected chi connectivity index (χ1v) is 7.67. The van der Waals surface area contributed by atoms with E-state index in [0.717, 1.165) is 11.3 Å². The van der Waals surface area contributed by atoms with Crippen molar-refractivity contribution in [3.05, 3.63) is 29.8 Å². The van der Waals surface area contributed by atoms with Crippen molar-refractivity contribution >= 4 is 11.9 Å². The molecule has 0 saturated carbocycles. The van der Waals surface area contributed by atoms with Gasteiger partial charge in [-0.2, -0.15) is 0 Å². The largest absolute Gasteiger partial charge is 0.494 e. The summed E-state index contributed by atoms with van der Waals surface area (Å²) in [5, 5.41) is 9.20. The van der Waals surface area contributed by atoms with Crippen molar-refractivity contribution in [1.29, 1.82) is 0 Å². The monoisotopic (exact) mass is 305 g/mol. The van der Waals surface area contributed by atoms with Gasteiger partial charge in [0.1, 0.15) is 5.75 Å². The van der Waals surface area contributed by atoms with Crippen molar-refractivity contribution in [2.45, 2.75) is 33.1 Å². The number of carbonyl (C=O) groups is 2. The van der Waals surface area contributed by atoms with E-state index in [2.05, 4.69) is 0 Å². The highest BCUT2D eigenvalue weighted by molar-refractivity contribution is 5.80. The zero-order valence-electron chi connectivity index (χ0n) is 13.2. The molecule has 0 radical (unpaired) electrons. The van der Waals surface area contributed by atoms with Gasteiger partial charge in [0.2, 0.25) is 5.91 Å². The molecule has 5 heteroatoms. The molecule has 120 valence electrons. The Hall–Kier alpha value is -2.04. The highest BCUT2D eigenvalue weighted by Crippen LogP contribution is 2.30. The Labute approximate surface area is 130 Å². The molecule has 5 nitrogen and oxygen atoms in total.